The summed E-state index contributed by atoms with van der Waals surface area (Å²) < 4.78 is 0. The van der Waals surface area contributed by atoms with Crippen molar-refractivity contribution >= 4 is 10.8 Å². The van der Waals surface area contributed by atoms with E-state index in [1.54, 1.807) is 0 Å². The number of benzene rings is 3. The first-order chi connectivity index (χ1) is 12.3. The van der Waals surface area contributed by atoms with Crippen LogP contribution in [0.4, 0.5) is 0 Å². The van der Waals surface area contributed by atoms with Gasteiger partial charge in [-0.05, 0) is 34.4 Å². The van der Waals surface area contributed by atoms with Crippen LogP contribution >= 0.6 is 0 Å². The molecule has 0 amide bonds. The zero-order valence-corrected chi connectivity index (χ0v) is 15.0. The normalized spacial score (nSPS) is 16.4. The molecule has 0 bridgehead atoms. The van der Waals surface area contributed by atoms with Crippen LogP contribution in [0.5, 0.6) is 0 Å². The number of nitrogens with zero attached hydrogens (tertiary/aromatic N) is 2. The van der Waals surface area contributed by atoms with Crippen molar-refractivity contribution in [2.45, 2.75) is 20.0 Å². The number of fused-ring (bicyclic) bond motifs is 1. The highest BCUT2D eigenvalue weighted by molar-refractivity contribution is 5.85. The predicted molar refractivity (Wildman–Crippen MR) is 106 cm³/mol. The highest BCUT2D eigenvalue weighted by Crippen LogP contribution is 2.21. The SMILES string of the molecule is Cc1ccccc1CN1CCN(Cc2cccc3ccccc23)CC1. The third-order valence-electron chi connectivity index (χ3n) is 5.39. The molecule has 0 N–H and O–H groups in total. The molecule has 0 saturated carbocycles. The van der Waals surface area contributed by atoms with Gasteiger partial charge in [0.15, 0.2) is 0 Å². The highest BCUT2D eigenvalue weighted by atomic mass is 15.3. The maximum atomic E-state index is 2.59. The van der Waals surface area contributed by atoms with Gasteiger partial charge in [-0.15, -0.1) is 0 Å². The van der Waals surface area contributed by atoms with Gasteiger partial charge in [0, 0.05) is 39.3 Å². The first kappa shape index (κ1) is 16.3. The molecule has 0 spiro atoms. The summed E-state index contributed by atoms with van der Waals surface area (Å²) in [5, 5.41) is 2.74. The Morgan fingerprint density at radius 3 is 1.96 bits per heavy atom. The summed E-state index contributed by atoms with van der Waals surface area (Å²) in [6.07, 6.45) is 0. The van der Waals surface area contributed by atoms with Crippen LogP contribution in [0.2, 0.25) is 0 Å². The predicted octanol–water partition coefficient (Wildman–Crippen LogP) is 4.47. The molecule has 4 rings (SSSR count). The van der Waals surface area contributed by atoms with E-state index >= 15 is 0 Å². The minimum absolute atomic E-state index is 1.06. The molecule has 1 saturated heterocycles. The Labute approximate surface area is 150 Å². The van der Waals surface area contributed by atoms with Crippen LogP contribution in [-0.2, 0) is 13.1 Å². The first-order valence-electron chi connectivity index (χ1n) is 9.25. The van der Waals surface area contributed by atoms with Crippen LogP contribution < -0.4 is 0 Å². The Kier molecular flexibility index (Phi) is 4.82. The smallest absolute Gasteiger partial charge is 0.0240 e. The molecular weight excluding hydrogens is 304 g/mol. The van der Waals surface area contributed by atoms with Crippen LogP contribution in [0, 0.1) is 6.92 Å². The third-order valence-corrected chi connectivity index (χ3v) is 5.39. The van der Waals surface area contributed by atoms with Gasteiger partial charge in [-0.2, -0.15) is 0 Å². The van der Waals surface area contributed by atoms with Gasteiger partial charge in [-0.25, -0.2) is 0 Å². The lowest BCUT2D eigenvalue weighted by atomic mass is 10.0. The summed E-state index contributed by atoms with van der Waals surface area (Å²) in [4.78, 5) is 5.18. The summed E-state index contributed by atoms with van der Waals surface area (Å²) in [5.41, 5.74) is 4.32. The van der Waals surface area contributed by atoms with Crippen molar-refractivity contribution < 1.29 is 0 Å². The summed E-state index contributed by atoms with van der Waals surface area (Å²) >= 11 is 0. The monoisotopic (exact) mass is 330 g/mol. The molecule has 0 unspecified atom stereocenters. The van der Waals surface area contributed by atoms with Crippen molar-refractivity contribution in [2.75, 3.05) is 26.2 Å². The molecule has 2 heteroatoms. The Hall–Kier alpha value is -2.16. The van der Waals surface area contributed by atoms with Crippen molar-refractivity contribution in [3.05, 3.63) is 83.4 Å². The summed E-state index contributed by atoms with van der Waals surface area (Å²) in [6, 6.07) is 24.2. The van der Waals surface area contributed by atoms with E-state index in [-0.39, 0.29) is 0 Å². The van der Waals surface area contributed by atoms with Crippen molar-refractivity contribution in [3.63, 3.8) is 0 Å². The van der Waals surface area contributed by atoms with Crippen molar-refractivity contribution in [2.24, 2.45) is 0 Å². The van der Waals surface area contributed by atoms with Gasteiger partial charge in [0.05, 0.1) is 0 Å². The molecular formula is C23H26N2. The molecule has 1 fully saturated rings. The molecule has 3 aromatic carbocycles. The summed E-state index contributed by atoms with van der Waals surface area (Å²) in [5.74, 6) is 0. The Morgan fingerprint density at radius 1 is 0.640 bits per heavy atom. The molecule has 0 radical (unpaired) electrons. The minimum Gasteiger partial charge on any atom is -0.297 e. The Balaban J connectivity index is 1.38. The van der Waals surface area contributed by atoms with Crippen LogP contribution in [0.3, 0.4) is 0 Å². The van der Waals surface area contributed by atoms with Crippen LogP contribution in [0.1, 0.15) is 16.7 Å². The maximum Gasteiger partial charge on any atom is 0.0240 e. The number of hydrogen-bond acceptors (Lipinski definition) is 2. The fraction of sp³-hybridized carbons (Fsp3) is 0.304. The second-order valence-electron chi connectivity index (χ2n) is 7.12. The van der Waals surface area contributed by atoms with Gasteiger partial charge in [0.25, 0.3) is 0 Å². The summed E-state index contributed by atoms with van der Waals surface area (Å²) in [7, 11) is 0. The van der Waals surface area contributed by atoms with Crippen molar-refractivity contribution in [1.29, 1.82) is 0 Å². The van der Waals surface area contributed by atoms with Crippen LogP contribution in [0.25, 0.3) is 10.8 Å². The van der Waals surface area contributed by atoms with E-state index in [9.17, 15) is 0 Å². The van der Waals surface area contributed by atoms with Gasteiger partial charge in [-0.3, -0.25) is 9.80 Å². The fourth-order valence-corrected chi connectivity index (χ4v) is 3.81. The fourth-order valence-electron chi connectivity index (χ4n) is 3.81. The van der Waals surface area contributed by atoms with Crippen LogP contribution in [0.15, 0.2) is 66.7 Å². The molecule has 1 heterocycles. The second-order valence-corrected chi connectivity index (χ2v) is 7.12. The first-order valence-corrected chi connectivity index (χ1v) is 9.25. The van der Waals surface area contributed by atoms with Gasteiger partial charge < -0.3 is 0 Å². The van der Waals surface area contributed by atoms with Crippen molar-refractivity contribution in [1.82, 2.24) is 9.80 Å². The Bertz CT molecular complexity index is 842. The largest absolute Gasteiger partial charge is 0.297 e. The Morgan fingerprint density at radius 2 is 1.20 bits per heavy atom. The molecule has 2 nitrogen and oxygen atoms in total. The van der Waals surface area contributed by atoms with Crippen LogP contribution in [-0.4, -0.2) is 36.0 Å². The van der Waals surface area contributed by atoms with E-state index in [1.807, 2.05) is 0 Å². The number of piperazine rings is 1. The highest BCUT2D eigenvalue weighted by Gasteiger charge is 2.18. The number of aryl methyl sites for hydroxylation is 1. The third kappa shape index (κ3) is 3.76. The van der Waals surface area contributed by atoms with Gasteiger partial charge >= 0.3 is 0 Å². The average molecular weight is 330 g/mol. The molecule has 3 aromatic rings. The average Bonchev–Trinajstić information content (AvgIpc) is 2.65. The molecule has 1 aliphatic heterocycles. The van der Waals surface area contributed by atoms with Gasteiger partial charge in [-0.1, -0.05) is 66.7 Å². The lowest BCUT2D eigenvalue weighted by Gasteiger charge is -2.35. The quantitative estimate of drug-likeness (QED) is 0.696. The second kappa shape index (κ2) is 7.38. The molecule has 128 valence electrons. The van der Waals surface area contributed by atoms with E-state index in [2.05, 4.69) is 83.5 Å². The van der Waals surface area contributed by atoms with E-state index < -0.39 is 0 Å². The zero-order valence-electron chi connectivity index (χ0n) is 15.0. The summed E-state index contributed by atoms with van der Waals surface area (Å²) in [6.45, 7) is 8.95. The standard InChI is InChI=1S/C23H26N2/c1-19-7-2-3-9-21(19)17-24-13-15-25(16-14-24)18-22-11-6-10-20-8-4-5-12-23(20)22/h2-12H,13-18H2,1H3. The van der Waals surface area contributed by atoms with E-state index in [0.717, 1.165) is 39.3 Å². The lowest BCUT2D eigenvalue weighted by molar-refractivity contribution is 0.122. The van der Waals surface area contributed by atoms with E-state index in [1.165, 1.54) is 27.5 Å². The zero-order chi connectivity index (χ0) is 17.1. The number of rotatable bonds is 4. The lowest BCUT2D eigenvalue weighted by Crippen LogP contribution is -2.45. The molecule has 0 aliphatic carbocycles. The maximum absolute atomic E-state index is 2.59. The number of hydrogen-bond donors (Lipinski definition) is 0. The molecule has 25 heavy (non-hydrogen) atoms. The van der Waals surface area contributed by atoms with Crippen molar-refractivity contribution in [3.8, 4) is 0 Å². The van der Waals surface area contributed by atoms with Gasteiger partial charge in [0.1, 0.15) is 0 Å². The minimum atomic E-state index is 1.06. The van der Waals surface area contributed by atoms with E-state index in [0.29, 0.717) is 0 Å². The molecule has 0 atom stereocenters. The molecule has 0 aromatic heterocycles. The van der Waals surface area contributed by atoms with Gasteiger partial charge in [0.2, 0.25) is 0 Å². The topological polar surface area (TPSA) is 6.48 Å². The molecule has 1 aliphatic rings. The van der Waals surface area contributed by atoms with E-state index in [4.69, 9.17) is 0 Å².